The first-order valence-electron chi connectivity index (χ1n) is 13.5. The third kappa shape index (κ3) is 5.61. The van der Waals surface area contributed by atoms with Gasteiger partial charge in [-0.3, -0.25) is 4.79 Å². The maximum Gasteiger partial charge on any atom is 0.230 e. The fraction of sp³-hybridized carbons (Fsp3) is 0.367. The molecule has 2 aliphatic rings. The normalized spacial score (nSPS) is 16.1. The van der Waals surface area contributed by atoms with Crippen LogP contribution in [0.3, 0.4) is 0 Å². The van der Waals surface area contributed by atoms with Crippen molar-refractivity contribution >= 4 is 39.5 Å². The molecule has 0 radical (unpaired) electrons. The fourth-order valence-electron chi connectivity index (χ4n) is 5.24. The highest BCUT2D eigenvalue weighted by atomic mass is 32.1. The van der Waals surface area contributed by atoms with Crippen LogP contribution in [0.4, 0.5) is 11.4 Å². The molecular formula is C30H34N6O2S. The Bertz CT molecular complexity index is 1460. The maximum absolute atomic E-state index is 12.6. The zero-order chi connectivity index (χ0) is 26.8. The van der Waals surface area contributed by atoms with Gasteiger partial charge in [0.1, 0.15) is 0 Å². The molecule has 4 heterocycles. The lowest BCUT2D eigenvalue weighted by Gasteiger charge is -2.39. The van der Waals surface area contributed by atoms with Crippen molar-refractivity contribution < 1.29 is 9.53 Å². The minimum atomic E-state index is 0.0524. The Labute approximate surface area is 233 Å². The number of anilines is 2. The van der Waals surface area contributed by atoms with E-state index in [0.29, 0.717) is 13.2 Å². The van der Waals surface area contributed by atoms with E-state index in [-0.39, 0.29) is 11.8 Å². The van der Waals surface area contributed by atoms with Crippen LogP contribution in [-0.4, -0.2) is 79.4 Å². The van der Waals surface area contributed by atoms with Gasteiger partial charge in [-0.05, 0) is 55.6 Å². The minimum absolute atomic E-state index is 0.0524. The van der Waals surface area contributed by atoms with Crippen molar-refractivity contribution in [2.45, 2.75) is 13.1 Å². The smallest absolute Gasteiger partial charge is 0.230 e. The van der Waals surface area contributed by atoms with Crippen molar-refractivity contribution in [1.29, 1.82) is 0 Å². The average Bonchev–Trinajstić information content (AvgIpc) is 3.39. The molecule has 2 fully saturated rings. The van der Waals surface area contributed by atoms with Crippen LogP contribution >= 0.6 is 11.3 Å². The van der Waals surface area contributed by atoms with E-state index in [1.165, 1.54) is 20.9 Å². The van der Waals surface area contributed by atoms with Gasteiger partial charge in [-0.2, -0.15) is 10.2 Å². The van der Waals surface area contributed by atoms with E-state index in [1.54, 1.807) is 0 Å². The maximum atomic E-state index is 12.6. The van der Waals surface area contributed by atoms with Crippen molar-refractivity contribution in [1.82, 2.24) is 20.0 Å². The van der Waals surface area contributed by atoms with Crippen LogP contribution in [0, 0.1) is 5.92 Å². The highest BCUT2D eigenvalue weighted by molar-refractivity contribution is 7.15. The summed E-state index contributed by atoms with van der Waals surface area (Å²) >= 11 is 1.82. The van der Waals surface area contributed by atoms with Crippen LogP contribution in [0.15, 0.2) is 60.8 Å². The minimum Gasteiger partial charge on any atom is -0.380 e. The van der Waals surface area contributed by atoms with Gasteiger partial charge in [0.05, 0.1) is 36.5 Å². The van der Waals surface area contributed by atoms with E-state index in [2.05, 4.69) is 87.9 Å². The molecule has 0 spiro atoms. The molecule has 6 rings (SSSR count). The van der Waals surface area contributed by atoms with Crippen LogP contribution < -0.4 is 10.2 Å². The first kappa shape index (κ1) is 25.7. The number of thiophene rings is 1. The average molecular weight is 543 g/mol. The molecule has 0 atom stereocenters. The van der Waals surface area contributed by atoms with Gasteiger partial charge in [0.15, 0.2) is 0 Å². The molecule has 1 amide bonds. The summed E-state index contributed by atoms with van der Waals surface area (Å²) in [5.74, 6) is 0.288. The molecule has 1 N–H and O–H groups in total. The molecule has 2 aromatic heterocycles. The topological polar surface area (TPSA) is 73.8 Å². The van der Waals surface area contributed by atoms with Crippen molar-refractivity contribution in [2.75, 3.05) is 63.7 Å². The zero-order valence-electron chi connectivity index (χ0n) is 22.5. The Morgan fingerprint density at radius 3 is 2.67 bits per heavy atom. The van der Waals surface area contributed by atoms with E-state index < -0.39 is 0 Å². The number of piperazine rings is 1. The summed E-state index contributed by atoms with van der Waals surface area (Å²) in [4.78, 5) is 21.7. The van der Waals surface area contributed by atoms with Gasteiger partial charge in [-0.25, -0.2) is 0 Å². The molecular weight excluding hydrogens is 508 g/mol. The van der Waals surface area contributed by atoms with Gasteiger partial charge in [0, 0.05) is 60.1 Å². The molecule has 0 bridgehead atoms. The number of amides is 1. The number of carbonyl (C=O) groups excluding carboxylic acids is 1. The lowest BCUT2D eigenvalue weighted by molar-refractivity contribution is -0.150. The summed E-state index contributed by atoms with van der Waals surface area (Å²) < 4.78 is 5.20. The van der Waals surface area contributed by atoms with Gasteiger partial charge >= 0.3 is 0 Å². The molecule has 39 heavy (non-hydrogen) atoms. The van der Waals surface area contributed by atoms with Crippen molar-refractivity contribution in [3.8, 4) is 10.4 Å². The third-order valence-corrected chi connectivity index (χ3v) is 8.57. The van der Waals surface area contributed by atoms with Gasteiger partial charge < -0.3 is 24.8 Å². The molecule has 2 saturated heterocycles. The number of ether oxygens (including phenoxy) is 1. The number of nitrogens with one attached hydrogen (secondary N) is 1. The second-order valence-electron chi connectivity index (χ2n) is 10.5. The number of carbonyl (C=O) groups is 1. The number of fused-ring (bicyclic) bond motifs is 1. The summed E-state index contributed by atoms with van der Waals surface area (Å²) in [5, 5.41) is 13.3. The Hall–Kier alpha value is -3.53. The van der Waals surface area contributed by atoms with E-state index in [9.17, 15) is 4.79 Å². The van der Waals surface area contributed by atoms with E-state index in [0.717, 1.165) is 61.5 Å². The van der Waals surface area contributed by atoms with Crippen LogP contribution in [0.2, 0.25) is 0 Å². The SMILES string of the molecule is CN(C)Cc1ccccc1-c1ccc(CNc2cnnc3ccc(N4CCN(C(=O)C5COC5)CC4)cc23)s1. The lowest BCUT2D eigenvalue weighted by Crippen LogP contribution is -2.53. The Kier molecular flexibility index (Phi) is 7.45. The van der Waals surface area contributed by atoms with Gasteiger partial charge in [0.2, 0.25) is 5.91 Å². The molecule has 9 heteroatoms. The number of hydrogen-bond acceptors (Lipinski definition) is 8. The number of hydrogen-bond donors (Lipinski definition) is 1. The number of nitrogens with zero attached hydrogens (tertiary/aromatic N) is 5. The highest BCUT2D eigenvalue weighted by Crippen LogP contribution is 2.33. The van der Waals surface area contributed by atoms with Crippen molar-refractivity contribution in [2.24, 2.45) is 5.92 Å². The Balaban J connectivity index is 1.14. The summed E-state index contributed by atoms with van der Waals surface area (Å²) in [6.45, 7) is 5.89. The quantitative estimate of drug-likeness (QED) is 0.355. The number of aromatic nitrogens is 2. The van der Waals surface area contributed by atoms with Gasteiger partial charge in [0.25, 0.3) is 0 Å². The molecule has 4 aromatic rings. The van der Waals surface area contributed by atoms with Gasteiger partial charge in [-0.15, -0.1) is 11.3 Å². The molecule has 8 nitrogen and oxygen atoms in total. The Morgan fingerprint density at radius 1 is 1.08 bits per heavy atom. The summed E-state index contributed by atoms with van der Waals surface area (Å²) in [6.07, 6.45) is 1.81. The van der Waals surface area contributed by atoms with Crippen LogP contribution in [-0.2, 0) is 22.6 Å². The second kappa shape index (κ2) is 11.3. The highest BCUT2D eigenvalue weighted by Gasteiger charge is 2.32. The van der Waals surface area contributed by atoms with Crippen LogP contribution in [0.5, 0.6) is 0 Å². The molecule has 202 valence electrons. The first-order valence-corrected chi connectivity index (χ1v) is 14.3. The summed E-state index contributed by atoms with van der Waals surface area (Å²) in [5.41, 5.74) is 5.62. The van der Waals surface area contributed by atoms with E-state index in [4.69, 9.17) is 4.74 Å². The molecule has 2 aliphatic heterocycles. The standard InChI is InChI=1S/C30H34N6O2S/c1-34(2)18-21-5-3-4-6-25(21)29-10-8-24(39-29)16-31-28-17-32-33-27-9-7-23(15-26(27)28)35-11-13-36(14-12-35)30(37)22-19-38-20-22/h3-10,15,17,22H,11-14,16,18-20H2,1-2H3,(H,31,33). The molecule has 0 saturated carbocycles. The monoisotopic (exact) mass is 542 g/mol. The van der Waals surface area contributed by atoms with E-state index >= 15 is 0 Å². The predicted molar refractivity (Wildman–Crippen MR) is 157 cm³/mol. The predicted octanol–water partition coefficient (Wildman–Crippen LogP) is 4.33. The largest absolute Gasteiger partial charge is 0.380 e. The molecule has 0 aliphatic carbocycles. The summed E-state index contributed by atoms with van der Waals surface area (Å²) in [7, 11) is 4.21. The Morgan fingerprint density at radius 2 is 1.90 bits per heavy atom. The fourth-order valence-corrected chi connectivity index (χ4v) is 6.25. The first-order chi connectivity index (χ1) is 19.0. The lowest BCUT2D eigenvalue weighted by atomic mass is 10.1. The van der Waals surface area contributed by atoms with E-state index in [1.807, 2.05) is 28.5 Å². The molecule has 0 unspecified atom stereocenters. The van der Waals surface area contributed by atoms with Crippen LogP contribution in [0.1, 0.15) is 10.4 Å². The zero-order valence-corrected chi connectivity index (χ0v) is 23.3. The number of rotatable bonds is 8. The van der Waals surface area contributed by atoms with Crippen LogP contribution in [0.25, 0.3) is 21.3 Å². The molecule has 2 aromatic carbocycles. The number of benzene rings is 2. The van der Waals surface area contributed by atoms with Gasteiger partial charge in [-0.1, -0.05) is 24.3 Å². The van der Waals surface area contributed by atoms with Crippen molar-refractivity contribution in [3.05, 3.63) is 71.2 Å². The summed E-state index contributed by atoms with van der Waals surface area (Å²) in [6, 6.07) is 19.4. The third-order valence-electron chi connectivity index (χ3n) is 7.45. The van der Waals surface area contributed by atoms with Crippen molar-refractivity contribution in [3.63, 3.8) is 0 Å². The second-order valence-corrected chi connectivity index (χ2v) is 11.7.